The smallest absolute Gasteiger partial charge is 0.318 e. The van der Waals surface area contributed by atoms with E-state index in [0.29, 0.717) is 32.2 Å². The monoisotopic (exact) mass is 344 g/mol. The molecule has 2 atom stereocenters. The molecule has 8 heteroatoms. The highest BCUT2D eigenvalue weighted by Gasteiger charge is 2.32. The first-order chi connectivity index (χ1) is 12.1. The summed E-state index contributed by atoms with van der Waals surface area (Å²) in [4.78, 5) is 24.9. The molecule has 4 heterocycles. The SMILES string of the molecule is CC1CC(NC(=O)N2CCN(c3ccc(F)cn3)CC2)c2nccn21. The molecular formula is C17H21FN6O. The molecule has 0 aromatic carbocycles. The van der Waals surface area contributed by atoms with Gasteiger partial charge in [0.25, 0.3) is 0 Å². The van der Waals surface area contributed by atoms with E-state index in [2.05, 4.69) is 31.7 Å². The van der Waals surface area contributed by atoms with E-state index in [1.54, 1.807) is 12.3 Å². The van der Waals surface area contributed by atoms with E-state index in [4.69, 9.17) is 0 Å². The van der Waals surface area contributed by atoms with E-state index in [0.717, 1.165) is 18.1 Å². The number of anilines is 1. The third kappa shape index (κ3) is 3.04. The third-order valence-corrected chi connectivity index (χ3v) is 4.96. The highest BCUT2D eigenvalue weighted by atomic mass is 19.1. The second-order valence-corrected chi connectivity index (χ2v) is 6.59. The number of pyridine rings is 1. The summed E-state index contributed by atoms with van der Waals surface area (Å²) < 4.78 is 15.1. The van der Waals surface area contributed by atoms with Gasteiger partial charge in [0, 0.05) is 44.6 Å². The van der Waals surface area contributed by atoms with Crippen LogP contribution in [0.15, 0.2) is 30.7 Å². The van der Waals surface area contributed by atoms with Crippen LogP contribution < -0.4 is 10.2 Å². The molecule has 0 saturated carbocycles. The van der Waals surface area contributed by atoms with Crippen molar-refractivity contribution in [3.63, 3.8) is 0 Å². The number of fused-ring (bicyclic) bond motifs is 1. The van der Waals surface area contributed by atoms with Crippen molar-refractivity contribution in [2.75, 3.05) is 31.1 Å². The van der Waals surface area contributed by atoms with Crippen LogP contribution in [-0.4, -0.2) is 51.6 Å². The predicted molar refractivity (Wildman–Crippen MR) is 90.8 cm³/mol. The van der Waals surface area contributed by atoms with Crippen LogP contribution in [0.25, 0.3) is 0 Å². The van der Waals surface area contributed by atoms with Gasteiger partial charge in [-0.05, 0) is 25.5 Å². The van der Waals surface area contributed by atoms with Gasteiger partial charge in [0.05, 0.1) is 12.2 Å². The zero-order valence-electron chi connectivity index (χ0n) is 14.1. The fourth-order valence-corrected chi connectivity index (χ4v) is 3.58. The van der Waals surface area contributed by atoms with Gasteiger partial charge in [-0.25, -0.2) is 19.2 Å². The van der Waals surface area contributed by atoms with Crippen LogP contribution in [0.3, 0.4) is 0 Å². The maximum absolute atomic E-state index is 13.0. The number of carbonyl (C=O) groups is 1. The second kappa shape index (κ2) is 6.34. The zero-order chi connectivity index (χ0) is 17.4. The Labute approximate surface area is 145 Å². The largest absolute Gasteiger partial charge is 0.353 e. The summed E-state index contributed by atoms with van der Waals surface area (Å²) >= 11 is 0. The summed E-state index contributed by atoms with van der Waals surface area (Å²) in [5, 5.41) is 3.10. The number of piperazine rings is 1. The van der Waals surface area contributed by atoms with Crippen LogP contribution in [0.2, 0.25) is 0 Å². The molecule has 0 radical (unpaired) electrons. The number of nitrogens with one attached hydrogen (secondary N) is 1. The number of aromatic nitrogens is 3. The van der Waals surface area contributed by atoms with Gasteiger partial charge >= 0.3 is 6.03 Å². The average molecular weight is 344 g/mol. The van der Waals surface area contributed by atoms with Crippen LogP contribution in [0, 0.1) is 5.82 Å². The van der Waals surface area contributed by atoms with Crippen molar-refractivity contribution in [1.82, 2.24) is 24.8 Å². The Hall–Kier alpha value is -2.64. The van der Waals surface area contributed by atoms with Gasteiger partial charge in [-0.15, -0.1) is 0 Å². The molecule has 0 spiro atoms. The molecule has 1 N–H and O–H groups in total. The molecule has 2 aliphatic rings. The number of halogens is 1. The summed E-state index contributed by atoms with van der Waals surface area (Å²) in [5.41, 5.74) is 0. The minimum atomic E-state index is -0.342. The van der Waals surface area contributed by atoms with E-state index in [-0.39, 0.29) is 17.9 Å². The number of carbonyl (C=O) groups excluding carboxylic acids is 1. The lowest BCUT2D eigenvalue weighted by atomic mass is 10.2. The number of hydrogen-bond donors (Lipinski definition) is 1. The van der Waals surface area contributed by atoms with Crippen molar-refractivity contribution in [3.05, 3.63) is 42.4 Å². The van der Waals surface area contributed by atoms with Gasteiger partial charge < -0.3 is 19.7 Å². The molecule has 132 valence electrons. The normalized spacial score (nSPS) is 22.8. The Kier molecular flexibility index (Phi) is 4.03. The molecule has 2 aromatic heterocycles. The molecule has 25 heavy (non-hydrogen) atoms. The van der Waals surface area contributed by atoms with E-state index in [1.165, 1.54) is 12.3 Å². The summed E-state index contributed by atoms with van der Waals surface area (Å²) in [6.45, 7) is 4.72. The third-order valence-electron chi connectivity index (χ3n) is 4.96. The maximum atomic E-state index is 13.0. The summed E-state index contributed by atoms with van der Waals surface area (Å²) in [6, 6.07) is 3.34. The van der Waals surface area contributed by atoms with E-state index < -0.39 is 0 Å². The highest BCUT2D eigenvalue weighted by molar-refractivity contribution is 5.75. The van der Waals surface area contributed by atoms with Crippen molar-refractivity contribution in [2.24, 2.45) is 0 Å². The van der Waals surface area contributed by atoms with Crippen LogP contribution >= 0.6 is 0 Å². The standard InChI is InChI=1S/C17H21FN6O/c1-12-10-14(16-19-4-5-24(12)16)21-17(25)23-8-6-22(7-9-23)15-3-2-13(18)11-20-15/h2-5,11-12,14H,6-10H2,1H3,(H,21,25). The lowest BCUT2D eigenvalue weighted by Gasteiger charge is -2.35. The first-order valence-electron chi connectivity index (χ1n) is 8.56. The fraction of sp³-hybridized carbons (Fsp3) is 0.471. The Balaban J connectivity index is 1.34. The van der Waals surface area contributed by atoms with E-state index in [1.807, 2.05) is 11.1 Å². The zero-order valence-corrected chi connectivity index (χ0v) is 14.1. The van der Waals surface area contributed by atoms with Gasteiger partial charge in [0.15, 0.2) is 0 Å². The molecule has 1 fully saturated rings. The van der Waals surface area contributed by atoms with Crippen LogP contribution in [0.1, 0.15) is 31.3 Å². The molecule has 2 unspecified atom stereocenters. The van der Waals surface area contributed by atoms with Crippen molar-refractivity contribution in [2.45, 2.75) is 25.4 Å². The summed E-state index contributed by atoms with van der Waals surface area (Å²) in [5.74, 6) is 1.33. The Bertz CT molecular complexity index is 753. The van der Waals surface area contributed by atoms with Crippen molar-refractivity contribution < 1.29 is 9.18 Å². The molecule has 2 aliphatic heterocycles. The molecule has 0 aliphatic carbocycles. The Morgan fingerprint density at radius 2 is 2.04 bits per heavy atom. The summed E-state index contributed by atoms with van der Waals surface area (Å²) in [7, 11) is 0. The molecule has 2 amide bonds. The fourth-order valence-electron chi connectivity index (χ4n) is 3.58. The number of nitrogens with zero attached hydrogens (tertiary/aromatic N) is 5. The first kappa shape index (κ1) is 15.9. The number of urea groups is 1. The van der Waals surface area contributed by atoms with Gasteiger partial charge in [-0.3, -0.25) is 0 Å². The van der Waals surface area contributed by atoms with Crippen molar-refractivity contribution in [1.29, 1.82) is 0 Å². The Morgan fingerprint density at radius 3 is 2.76 bits per heavy atom. The van der Waals surface area contributed by atoms with Crippen molar-refractivity contribution >= 4 is 11.8 Å². The molecular weight excluding hydrogens is 323 g/mol. The van der Waals surface area contributed by atoms with Crippen LogP contribution in [-0.2, 0) is 0 Å². The first-order valence-corrected chi connectivity index (χ1v) is 8.56. The van der Waals surface area contributed by atoms with Crippen LogP contribution in [0.5, 0.6) is 0 Å². The van der Waals surface area contributed by atoms with Gasteiger partial charge in [0.1, 0.15) is 17.5 Å². The Morgan fingerprint density at radius 1 is 1.24 bits per heavy atom. The minimum absolute atomic E-state index is 0.0331. The average Bonchev–Trinajstić information content (AvgIpc) is 3.21. The summed E-state index contributed by atoms with van der Waals surface area (Å²) in [6.07, 6.45) is 5.82. The molecule has 4 rings (SSSR count). The highest BCUT2D eigenvalue weighted by Crippen LogP contribution is 2.32. The van der Waals surface area contributed by atoms with Crippen molar-refractivity contribution in [3.8, 4) is 0 Å². The molecule has 0 bridgehead atoms. The second-order valence-electron chi connectivity index (χ2n) is 6.59. The van der Waals surface area contributed by atoms with Crippen LogP contribution in [0.4, 0.5) is 15.0 Å². The molecule has 7 nitrogen and oxygen atoms in total. The van der Waals surface area contributed by atoms with Gasteiger partial charge in [-0.1, -0.05) is 0 Å². The predicted octanol–water partition coefficient (Wildman–Crippen LogP) is 1.95. The molecule has 2 aromatic rings. The minimum Gasteiger partial charge on any atom is -0.353 e. The lowest BCUT2D eigenvalue weighted by molar-refractivity contribution is 0.189. The quantitative estimate of drug-likeness (QED) is 0.904. The topological polar surface area (TPSA) is 66.3 Å². The van der Waals surface area contributed by atoms with E-state index >= 15 is 0 Å². The van der Waals surface area contributed by atoms with Gasteiger partial charge in [-0.2, -0.15) is 0 Å². The number of amides is 2. The number of imidazole rings is 1. The molecule has 1 saturated heterocycles. The van der Waals surface area contributed by atoms with Gasteiger partial charge in [0.2, 0.25) is 0 Å². The van der Waals surface area contributed by atoms with E-state index in [9.17, 15) is 9.18 Å². The number of rotatable bonds is 2. The number of hydrogen-bond acceptors (Lipinski definition) is 4. The lowest BCUT2D eigenvalue weighted by Crippen LogP contribution is -2.52. The maximum Gasteiger partial charge on any atom is 0.318 e.